The number of hydrogen-bond acceptors (Lipinski definition) is 5. The third-order valence-corrected chi connectivity index (χ3v) is 6.90. The van der Waals surface area contributed by atoms with Gasteiger partial charge < -0.3 is 25.2 Å². The molecule has 3 N–H and O–H groups in total. The lowest BCUT2D eigenvalue weighted by Gasteiger charge is -2.46. The molecule has 3 saturated heterocycles. The molecule has 5 rings (SSSR count). The van der Waals surface area contributed by atoms with Gasteiger partial charge in [0.2, 0.25) is 0 Å². The van der Waals surface area contributed by atoms with Gasteiger partial charge >= 0.3 is 6.03 Å². The first-order valence-corrected chi connectivity index (χ1v) is 11.5. The molecule has 2 bridgehead atoms. The molecule has 3 aliphatic rings. The number of rotatable bonds is 5. The average molecular weight is 438 g/mol. The molecule has 7 heteroatoms. The molecule has 0 saturated carbocycles. The number of carbonyl (C=O) groups excluding carboxylic acids is 1. The van der Waals surface area contributed by atoms with Gasteiger partial charge in [0.1, 0.15) is 6.10 Å². The van der Waals surface area contributed by atoms with Crippen molar-refractivity contribution in [1.82, 2.24) is 10.2 Å². The lowest BCUT2D eigenvalue weighted by molar-refractivity contribution is -0.184. The quantitative estimate of drug-likeness (QED) is 0.670. The number of amides is 2. The Morgan fingerprint density at radius 2 is 1.72 bits per heavy atom. The number of nitrogens with zero attached hydrogens (tertiary/aromatic N) is 1. The number of benzene rings is 2. The minimum absolute atomic E-state index is 0.284. The summed E-state index contributed by atoms with van der Waals surface area (Å²) in [6.07, 6.45) is 1.68. The monoisotopic (exact) mass is 437 g/mol. The molecule has 7 nitrogen and oxygen atoms in total. The zero-order valence-corrected chi connectivity index (χ0v) is 18.1. The molecule has 5 atom stereocenters. The van der Waals surface area contributed by atoms with Gasteiger partial charge in [0.05, 0.1) is 24.8 Å². The van der Waals surface area contributed by atoms with E-state index in [0.717, 1.165) is 32.4 Å². The van der Waals surface area contributed by atoms with E-state index in [9.17, 15) is 9.90 Å². The van der Waals surface area contributed by atoms with Crippen LogP contribution in [0.4, 0.5) is 10.5 Å². The van der Waals surface area contributed by atoms with Crippen LogP contribution in [0.15, 0.2) is 60.7 Å². The number of urea groups is 1. The van der Waals surface area contributed by atoms with Gasteiger partial charge in [-0.25, -0.2) is 4.79 Å². The second-order valence-corrected chi connectivity index (χ2v) is 9.02. The molecule has 2 aromatic carbocycles. The summed E-state index contributed by atoms with van der Waals surface area (Å²) in [5, 5.41) is 17.0. The molecular formula is C25H31N3O4. The zero-order valence-electron chi connectivity index (χ0n) is 18.1. The fraction of sp³-hybridized carbons (Fsp3) is 0.480. The van der Waals surface area contributed by atoms with Crippen molar-refractivity contribution >= 4 is 11.7 Å². The van der Waals surface area contributed by atoms with Crippen LogP contribution in [-0.4, -0.2) is 66.3 Å². The maximum absolute atomic E-state index is 12.6. The molecule has 0 aromatic heterocycles. The van der Waals surface area contributed by atoms with Crippen LogP contribution in [0.25, 0.3) is 0 Å². The molecule has 0 unspecified atom stereocenters. The summed E-state index contributed by atoms with van der Waals surface area (Å²) in [4.78, 5) is 14.8. The van der Waals surface area contributed by atoms with Gasteiger partial charge in [0, 0.05) is 5.69 Å². The summed E-state index contributed by atoms with van der Waals surface area (Å²) in [7, 11) is 0. The molecule has 3 aliphatic heterocycles. The maximum Gasteiger partial charge on any atom is 0.319 e. The van der Waals surface area contributed by atoms with Gasteiger partial charge in [0.15, 0.2) is 6.29 Å². The number of aliphatic hydroxyl groups excluding tert-OH is 1. The van der Waals surface area contributed by atoms with Gasteiger partial charge in [-0.1, -0.05) is 48.5 Å². The number of anilines is 1. The van der Waals surface area contributed by atoms with E-state index in [1.165, 1.54) is 5.56 Å². The molecule has 170 valence electrons. The van der Waals surface area contributed by atoms with E-state index in [0.29, 0.717) is 18.2 Å². The second kappa shape index (κ2) is 9.58. The molecule has 3 heterocycles. The molecule has 0 aliphatic carbocycles. The summed E-state index contributed by atoms with van der Waals surface area (Å²) >= 11 is 0. The number of aliphatic hydroxyl groups is 1. The van der Waals surface area contributed by atoms with E-state index in [2.05, 4.69) is 45.9 Å². The SMILES string of the molecule is O=C(Nc1ccccc1)N[C@H]1[C@H](O)[C@H](N2CCC(Cc3ccccc3)CC2)[C@@H]2OC[C@@H]1O2. The fourth-order valence-corrected chi connectivity index (χ4v) is 5.21. The van der Waals surface area contributed by atoms with E-state index in [1.54, 1.807) is 0 Å². The number of hydrogen-bond donors (Lipinski definition) is 3. The number of para-hydroxylation sites is 1. The molecular weight excluding hydrogens is 406 g/mol. The van der Waals surface area contributed by atoms with E-state index in [4.69, 9.17) is 9.47 Å². The van der Waals surface area contributed by atoms with Crippen LogP contribution in [0.3, 0.4) is 0 Å². The average Bonchev–Trinajstić information content (AvgIpc) is 3.24. The number of piperidine rings is 1. The Bertz CT molecular complexity index is 889. The van der Waals surface area contributed by atoms with Gasteiger partial charge in [0.25, 0.3) is 0 Å². The predicted octanol–water partition coefficient (Wildman–Crippen LogP) is 2.62. The Labute approximate surface area is 188 Å². The molecule has 2 amide bonds. The van der Waals surface area contributed by atoms with Crippen molar-refractivity contribution in [3.05, 3.63) is 66.2 Å². The highest BCUT2D eigenvalue weighted by molar-refractivity contribution is 5.89. The van der Waals surface area contributed by atoms with Crippen molar-refractivity contribution in [3.63, 3.8) is 0 Å². The largest absolute Gasteiger partial charge is 0.389 e. The van der Waals surface area contributed by atoms with Crippen LogP contribution in [0.2, 0.25) is 0 Å². The first-order valence-electron chi connectivity index (χ1n) is 11.5. The predicted molar refractivity (Wildman–Crippen MR) is 121 cm³/mol. The Kier molecular flexibility index (Phi) is 6.41. The van der Waals surface area contributed by atoms with Crippen molar-refractivity contribution in [3.8, 4) is 0 Å². The summed E-state index contributed by atoms with van der Waals surface area (Å²) in [6.45, 7) is 2.14. The topological polar surface area (TPSA) is 83.1 Å². The van der Waals surface area contributed by atoms with E-state index in [-0.39, 0.29) is 18.2 Å². The Morgan fingerprint density at radius 3 is 2.44 bits per heavy atom. The van der Waals surface area contributed by atoms with Crippen molar-refractivity contribution < 1.29 is 19.4 Å². The number of likely N-dealkylation sites (tertiary alicyclic amines) is 1. The first-order chi connectivity index (χ1) is 15.7. The molecule has 2 aromatic rings. The van der Waals surface area contributed by atoms with E-state index in [1.807, 2.05) is 30.3 Å². The van der Waals surface area contributed by atoms with Crippen LogP contribution in [0.5, 0.6) is 0 Å². The highest BCUT2D eigenvalue weighted by Gasteiger charge is 2.52. The van der Waals surface area contributed by atoms with Gasteiger partial charge in [-0.15, -0.1) is 0 Å². The number of nitrogens with one attached hydrogen (secondary N) is 2. The zero-order chi connectivity index (χ0) is 21.9. The highest BCUT2D eigenvalue weighted by Crippen LogP contribution is 2.34. The van der Waals surface area contributed by atoms with E-state index >= 15 is 0 Å². The summed E-state index contributed by atoms with van der Waals surface area (Å²) in [5.74, 6) is 0.637. The first kappa shape index (κ1) is 21.4. The molecule has 32 heavy (non-hydrogen) atoms. The van der Waals surface area contributed by atoms with E-state index < -0.39 is 18.4 Å². The molecule has 3 fully saturated rings. The standard InChI is InChI=1S/C25H31N3O4/c29-23-21(27-25(30)26-19-9-5-2-6-10-19)20-16-31-24(32-20)22(23)28-13-11-18(12-14-28)15-17-7-3-1-4-8-17/h1-10,18,20-24,29H,11-16H2,(H2,26,27,30)/t20-,21+,22-,23-,24+/m0/s1. The van der Waals surface area contributed by atoms with Crippen LogP contribution in [-0.2, 0) is 15.9 Å². The van der Waals surface area contributed by atoms with Gasteiger partial charge in [-0.2, -0.15) is 0 Å². The Hall–Kier alpha value is -2.45. The summed E-state index contributed by atoms with van der Waals surface area (Å²) in [6, 6.07) is 18.7. The lowest BCUT2D eigenvalue weighted by atomic mass is 9.87. The number of fused-ring (bicyclic) bond motifs is 2. The Balaban J connectivity index is 1.19. The summed E-state index contributed by atoms with van der Waals surface area (Å²) in [5.41, 5.74) is 2.08. The second-order valence-electron chi connectivity index (χ2n) is 9.02. The number of carbonyl (C=O) groups is 1. The molecule has 0 radical (unpaired) electrons. The maximum atomic E-state index is 12.6. The minimum Gasteiger partial charge on any atom is -0.389 e. The van der Waals surface area contributed by atoms with Crippen molar-refractivity contribution in [2.45, 2.75) is 49.8 Å². The minimum atomic E-state index is -0.756. The van der Waals surface area contributed by atoms with Crippen LogP contribution in [0.1, 0.15) is 18.4 Å². The molecule has 0 spiro atoms. The number of ether oxygens (including phenoxy) is 2. The van der Waals surface area contributed by atoms with Gasteiger partial charge in [-0.05, 0) is 56.0 Å². The van der Waals surface area contributed by atoms with Crippen molar-refractivity contribution in [2.24, 2.45) is 5.92 Å². The third-order valence-electron chi connectivity index (χ3n) is 6.90. The highest BCUT2D eigenvalue weighted by atomic mass is 16.7. The van der Waals surface area contributed by atoms with Crippen LogP contribution >= 0.6 is 0 Å². The Morgan fingerprint density at radius 1 is 1.03 bits per heavy atom. The fourth-order valence-electron chi connectivity index (χ4n) is 5.21. The lowest BCUT2D eigenvalue weighted by Crippen LogP contribution is -2.66. The third kappa shape index (κ3) is 4.66. The smallest absolute Gasteiger partial charge is 0.319 e. The van der Waals surface area contributed by atoms with Crippen molar-refractivity contribution in [2.75, 3.05) is 25.0 Å². The van der Waals surface area contributed by atoms with Gasteiger partial charge in [-0.3, -0.25) is 4.90 Å². The van der Waals surface area contributed by atoms with Crippen LogP contribution in [0, 0.1) is 5.92 Å². The van der Waals surface area contributed by atoms with Crippen molar-refractivity contribution in [1.29, 1.82) is 0 Å². The summed E-state index contributed by atoms with van der Waals surface area (Å²) < 4.78 is 11.9. The normalized spacial score (nSPS) is 30.7. The van der Waals surface area contributed by atoms with Crippen LogP contribution < -0.4 is 10.6 Å².